The first kappa shape index (κ1) is 12.2. The number of anilines is 2. The Bertz CT molecular complexity index is 574. The van der Waals surface area contributed by atoms with E-state index in [4.69, 9.17) is 5.73 Å². The van der Waals surface area contributed by atoms with Gasteiger partial charge in [0.2, 0.25) is 0 Å². The van der Waals surface area contributed by atoms with Gasteiger partial charge in [-0.3, -0.25) is 9.48 Å². The lowest BCUT2D eigenvalue weighted by Crippen LogP contribution is -2.17. The van der Waals surface area contributed by atoms with E-state index < -0.39 is 0 Å². The highest BCUT2D eigenvalue weighted by molar-refractivity contribution is 6.03. The van der Waals surface area contributed by atoms with Crippen molar-refractivity contribution in [2.45, 2.75) is 20.4 Å². The van der Waals surface area contributed by atoms with Crippen LogP contribution >= 0.6 is 0 Å². The summed E-state index contributed by atoms with van der Waals surface area (Å²) in [6.07, 6.45) is 0. The molecule has 0 aliphatic carbocycles. The maximum atomic E-state index is 12.1. The fourth-order valence-electron chi connectivity index (χ4n) is 1.78. The monoisotopic (exact) mass is 244 g/mol. The largest absolute Gasteiger partial charge is 0.399 e. The Balaban J connectivity index is 2.21. The van der Waals surface area contributed by atoms with Gasteiger partial charge < -0.3 is 11.1 Å². The van der Waals surface area contributed by atoms with E-state index >= 15 is 0 Å². The van der Waals surface area contributed by atoms with Crippen molar-refractivity contribution in [3.05, 3.63) is 41.7 Å². The number of nitrogens with zero attached hydrogens (tertiary/aromatic N) is 2. The highest BCUT2D eigenvalue weighted by Crippen LogP contribution is 2.13. The topological polar surface area (TPSA) is 72.9 Å². The zero-order valence-corrected chi connectivity index (χ0v) is 10.5. The average molecular weight is 244 g/mol. The standard InChI is InChI=1S/C13H16N4O/c1-3-17-12(7-9(2)16-17)13(18)15-11-6-4-5-10(14)8-11/h4-8H,3,14H2,1-2H3,(H,15,18). The molecule has 5 nitrogen and oxygen atoms in total. The van der Waals surface area contributed by atoms with Gasteiger partial charge in [-0.15, -0.1) is 0 Å². The highest BCUT2D eigenvalue weighted by Gasteiger charge is 2.13. The van der Waals surface area contributed by atoms with E-state index in [9.17, 15) is 4.79 Å². The fourth-order valence-corrected chi connectivity index (χ4v) is 1.78. The number of benzene rings is 1. The van der Waals surface area contributed by atoms with Crippen molar-refractivity contribution in [1.82, 2.24) is 9.78 Å². The third-order valence-electron chi connectivity index (χ3n) is 2.58. The van der Waals surface area contributed by atoms with Crippen molar-refractivity contribution < 1.29 is 4.79 Å². The first-order valence-electron chi connectivity index (χ1n) is 5.81. The Morgan fingerprint density at radius 2 is 2.22 bits per heavy atom. The second kappa shape index (κ2) is 4.91. The molecule has 1 aromatic heterocycles. The number of aromatic nitrogens is 2. The van der Waals surface area contributed by atoms with Crippen molar-refractivity contribution in [1.29, 1.82) is 0 Å². The number of amides is 1. The number of hydrogen-bond acceptors (Lipinski definition) is 3. The lowest BCUT2D eigenvalue weighted by Gasteiger charge is -2.07. The summed E-state index contributed by atoms with van der Waals surface area (Å²) in [5, 5.41) is 7.05. The third-order valence-corrected chi connectivity index (χ3v) is 2.58. The molecule has 18 heavy (non-hydrogen) atoms. The van der Waals surface area contributed by atoms with Crippen LogP contribution in [0.2, 0.25) is 0 Å². The summed E-state index contributed by atoms with van der Waals surface area (Å²) in [6.45, 7) is 4.47. The van der Waals surface area contributed by atoms with E-state index in [2.05, 4.69) is 10.4 Å². The summed E-state index contributed by atoms with van der Waals surface area (Å²) in [5.74, 6) is -0.178. The van der Waals surface area contributed by atoms with Crippen LogP contribution in [0.25, 0.3) is 0 Å². The number of nitrogens with one attached hydrogen (secondary N) is 1. The maximum absolute atomic E-state index is 12.1. The summed E-state index contributed by atoms with van der Waals surface area (Å²) in [5.41, 5.74) is 8.35. The molecule has 0 radical (unpaired) electrons. The Morgan fingerprint density at radius 3 is 2.89 bits per heavy atom. The second-order valence-electron chi connectivity index (χ2n) is 4.07. The summed E-state index contributed by atoms with van der Waals surface area (Å²) in [7, 11) is 0. The van der Waals surface area contributed by atoms with Gasteiger partial charge in [0.05, 0.1) is 5.69 Å². The Labute approximate surface area is 106 Å². The smallest absolute Gasteiger partial charge is 0.273 e. The molecule has 2 rings (SSSR count). The molecular weight excluding hydrogens is 228 g/mol. The molecule has 0 saturated heterocycles. The molecule has 1 heterocycles. The number of nitrogen functional groups attached to an aromatic ring is 1. The molecule has 0 fully saturated rings. The number of hydrogen-bond donors (Lipinski definition) is 2. The van der Waals surface area contributed by atoms with Gasteiger partial charge in [0.1, 0.15) is 5.69 Å². The molecule has 1 aromatic carbocycles. The van der Waals surface area contributed by atoms with Crippen LogP contribution in [0.1, 0.15) is 23.1 Å². The van der Waals surface area contributed by atoms with Crippen LogP contribution in [-0.2, 0) is 6.54 Å². The zero-order chi connectivity index (χ0) is 13.1. The normalized spacial score (nSPS) is 10.3. The molecule has 0 aliphatic heterocycles. The molecule has 3 N–H and O–H groups in total. The van der Waals surface area contributed by atoms with E-state index in [1.165, 1.54) is 0 Å². The van der Waals surface area contributed by atoms with Crippen LogP contribution in [0.15, 0.2) is 30.3 Å². The van der Waals surface area contributed by atoms with Crippen molar-refractivity contribution in [3.63, 3.8) is 0 Å². The minimum atomic E-state index is -0.178. The molecule has 1 amide bonds. The number of carbonyl (C=O) groups is 1. The van der Waals surface area contributed by atoms with Gasteiger partial charge in [0.25, 0.3) is 5.91 Å². The summed E-state index contributed by atoms with van der Waals surface area (Å²) in [4.78, 5) is 12.1. The average Bonchev–Trinajstić information content (AvgIpc) is 2.70. The SMILES string of the molecule is CCn1nc(C)cc1C(=O)Nc1cccc(N)c1. The molecule has 0 atom stereocenters. The highest BCUT2D eigenvalue weighted by atomic mass is 16.2. The van der Waals surface area contributed by atoms with Gasteiger partial charge in [-0.1, -0.05) is 6.07 Å². The van der Waals surface area contributed by atoms with Crippen LogP contribution < -0.4 is 11.1 Å². The van der Waals surface area contributed by atoms with Gasteiger partial charge in [-0.05, 0) is 38.1 Å². The quantitative estimate of drug-likeness (QED) is 0.811. The number of nitrogens with two attached hydrogens (primary N) is 1. The van der Waals surface area contributed by atoms with Crippen molar-refractivity contribution in [2.75, 3.05) is 11.1 Å². The number of aryl methyl sites for hydroxylation is 2. The predicted octanol–water partition coefficient (Wildman–Crippen LogP) is 2.05. The fraction of sp³-hybridized carbons (Fsp3) is 0.231. The van der Waals surface area contributed by atoms with Crippen LogP contribution in [-0.4, -0.2) is 15.7 Å². The minimum Gasteiger partial charge on any atom is -0.399 e. The summed E-state index contributed by atoms with van der Waals surface area (Å²) >= 11 is 0. The molecule has 0 unspecified atom stereocenters. The Hall–Kier alpha value is -2.30. The molecule has 0 aliphatic rings. The Morgan fingerprint density at radius 1 is 1.44 bits per heavy atom. The van der Waals surface area contributed by atoms with E-state index in [-0.39, 0.29) is 5.91 Å². The van der Waals surface area contributed by atoms with E-state index in [1.807, 2.05) is 13.8 Å². The molecule has 0 spiro atoms. The number of carbonyl (C=O) groups excluding carboxylic acids is 1. The maximum Gasteiger partial charge on any atom is 0.273 e. The lowest BCUT2D eigenvalue weighted by atomic mass is 10.2. The van der Waals surface area contributed by atoms with E-state index in [1.54, 1.807) is 35.0 Å². The predicted molar refractivity (Wildman–Crippen MR) is 71.4 cm³/mol. The minimum absolute atomic E-state index is 0.178. The summed E-state index contributed by atoms with van der Waals surface area (Å²) < 4.78 is 1.68. The van der Waals surface area contributed by atoms with Crippen molar-refractivity contribution in [3.8, 4) is 0 Å². The molecule has 0 bridgehead atoms. The first-order valence-corrected chi connectivity index (χ1v) is 5.81. The van der Waals surface area contributed by atoms with Gasteiger partial charge in [-0.2, -0.15) is 5.10 Å². The van der Waals surface area contributed by atoms with Gasteiger partial charge in [-0.25, -0.2) is 0 Å². The molecule has 5 heteroatoms. The second-order valence-corrected chi connectivity index (χ2v) is 4.07. The molecule has 94 valence electrons. The summed E-state index contributed by atoms with van der Waals surface area (Å²) in [6, 6.07) is 8.86. The van der Waals surface area contributed by atoms with Crippen molar-refractivity contribution in [2.24, 2.45) is 0 Å². The van der Waals surface area contributed by atoms with Gasteiger partial charge in [0.15, 0.2) is 0 Å². The first-order chi connectivity index (χ1) is 8.60. The van der Waals surface area contributed by atoms with Gasteiger partial charge >= 0.3 is 0 Å². The lowest BCUT2D eigenvalue weighted by molar-refractivity contribution is 0.101. The van der Waals surface area contributed by atoms with E-state index in [0.29, 0.717) is 23.6 Å². The van der Waals surface area contributed by atoms with E-state index in [0.717, 1.165) is 5.69 Å². The number of rotatable bonds is 3. The zero-order valence-electron chi connectivity index (χ0n) is 10.5. The van der Waals surface area contributed by atoms with Crippen LogP contribution in [0, 0.1) is 6.92 Å². The molecule has 0 saturated carbocycles. The molecular formula is C13H16N4O. The van der Waals surface area contributed by atoms with Crippen molar-refractivity contribution >= 4 is 17.3 Å². The van der Waals surface area contributed by atoms with Gasteiger partial charge in [0, 0.05) is 17.9 Å². The molecule has 2 aromatic rings. The Kier molecular flexibility index (Phi) is 3.32. The third kappa shape index (κ3) is 2.51. The van der Waals surface area contributed by atoms with Crippen LogP contribution in [0.4, 0.5) is 11.4 Å². The van der Waals surface area contributed by atoms with Crippen LogP contribution in [0.5, 0.6) is 0 Å². The van der Waals surface area contributed by atoms with Crippen LogP contribution in [0.3, 0.4) is 0 Å².